The number of hydrogen-bond donors (Lipinski definition) is 0. The van der Waals surface area contributed by atoms with Crippen LogP contribution < -0.4 is 24.5 Å². The molecule has 0 bridgehead atoms. The molecule has 0 aliphatic carbocycles. The van der Waals surface area contributed by atoms with Gasteiger partial charge in [-0.25, -0.2) is 4.98 Å². The Hall–Kier alpha value is -2.50. The van der Waals surface area contributed by atoms with E-state index in [1.807, 2.05) is 25.1 Å². The van der Waals surface area contributed by atoms with Crippen LogP contribution in [0.3, 0.4) is 0 Å². The fourth-order valence-electron chi connectivity index (χ4n) is 2.32. The molecule has 2 rings (SSSR count). The Morgan fingerprint density at radius 3 is 2.38 bits per heavy atom. The lowest BCUT2D eigenvalue weighted by Gasteiger charge is -2.17. The minimum absolute atomic E-state index is 0.197. The predicted octanol–water partition coefficient (Wildman–Crippen LogP) is 0.0295. The second kappa shape index (κ2) is 5.87. The van der Waals surface area contributed by atoms with Crippen LogP contribution in [0, 0.1) is 0 Å². The normalized spacial score (nSPS) is 10.5. The van der Waals surface area contributed by atoms with Crippen molar-refractivity contribution in [2.45, 2.75) is 6.42 Å². The van der Waals surface area contributed by atoms with Crippen molar-refractivity contribution < 1.29 is 24.4 Å². The average molecular weight is 290 g/mol. The van der Waals surface area contributed by atoms with E-state index in [0.29, 0.717) is 22.7 Å². The second-order valence-electron chi connectivity index (χ2n) is 4.84. The average Bonchev–Trinajstić information content (AvgIpc) is 2.44. The van der Waals surface area contributed by atoms with Crippen molar-refractivity contribution in [1.29, 1.82) is 0 Å². The van der Waals surface area contributed by atoms with Gasteiger partial charge in [-0.05, 0) is 12.1 Å². The van der Waals surface area contributed by atoms with Crippen LogP contribution in [0.4, 0.5) is 5.69 Å². The van der Waals surface area contributed by atoms with Gasteiger partial charge in [0, 0.05) is 20.2 Å². The molecule has 1 aromatic heterocycles. The molecule has 0 saturated carbocycles. The molecule has 0 atom stereocenters. The Balaban J connectivity index is 2.83. The first-order valence-electron chi connectivity index (χ1n) is 6.45. The first-order chi connectivity index (χ1) is 9.97. The van der Waals surface area contributed by atoms with Crippen molar-refractivity contribution in [1.82, 2.24) is 0 Å². The molecule has 0 aliphatic heterocycles. The van der Waals surface area contributed by atoms with Crippen LogP contribution in [0.2, 0.25) is 0 Å². The van der Waals surface area contributed by atoms with Gasteiger partial charge in [-0.2, -0.15) is 0 Å². The fourth-order valence-corrected chi connectivity index (χ4v) is 2.32. The summed E-state index contributed by atoms with van der Waals surface area (Å²) in [5, 5.41) is 11.7. The summed E-state index contributed by atoms with van der Waals surface area (Å²) in [6, 6.07) is 5.38. The number of rotatable bonds is 5. The van der Waals surface area contributed by atoms with E-state index < -0.39 is 5.97 Å². The number of pyridine rings is 1. The van der Waals surface area contributed by atoms with Crippen LogP contribution in [0.5, 0.6) is 11.5 Å². The Morgan fingerprint density at radius 2 is 1.86 bits per heavy atom. The highest BCUT2D eigenvalue weighted by Gasteiger charge is 2.21. The Kier molecular flexibility index (Phi) is 4.16. The van der Waals surface area contributed by atoms with Crippen molar-refractivity contribution in [2.75, 3.05) is 33.2 Å². The lowest BCUT2D eigenvalue weighted by Crippen LogP contribution is -2.28. The Morgan fingerprint density at radius 1 is 1.24 bits per heavy atom. The number of nitrogens with zero attached hydrogens (tertiary/aromatic N) is 1. The summed E-state index contributed by atoms with van der Waals surface area (Å²) in [7, 11) is 6.93. The number of hydrogen-bond acceptors (Lipinski definition) is 5. The van der Waals surface area contributed by atoms with Crippen molar-refractivity contribution in [3.05, 3.63) is 23.9 Å². The van der Waals surface area contributed by atoms with E-state index in [9.17, 15) is 9.90 Å². The van der Waals surface area contributed by atoms with Crippen molar-refractivity contribution >= 4 is 22.6 Å². The number of aliphatic carboxylic acids is 1. The summed E-state index contributed by atoms with van der Waals surface area (Å²) in [6.45, 7) is 0. The number of nitrogens with one attached hydrogen (secondary N) is 1. The molecule has 21 heavy (non-hydrogen) atoms. The molecule has 6 nitrogen and oxygen atoms in total. The van der Waals surface area contributed by atoms with Crippen LogP contribution in [0.15, 0.2) is 18.2 Å². The van der Waals surface area contributed by atoms with Gasteiger partial charge in [0.1, 0.15) is 11.1 Å². The van der Waals surface area contributed by atoms with Gasteiger partial charge in [0.05, 0.1) is 32.3 Å². The maximum atomic E-state index is 10.9. The standard InChI is InChI=1S/C15H18N2O4/c1-17(2)10-7-9(8-13(18)19)16-15-12(21-4)6-5-11(20-3)14(10)15/h5-7H,8H2,1-4H3,(H,18,19). The number of aromatic nitrogens is 1. The number of H-pyrrole nitrogens is 1. The highest BCUT2D eigenvalue weighted by molar-refractivity contribution is 5.98. The van der Waals surface area contributed by atoms with Gasteiger partial charge in [0.2, 0.25) is 0 Å². The highest BCUT2D eigenvalue weighted by Crippen LogP contribution is 2.36. The minimum atomic E-state index is -1.14. The van der Waals surface area contributed by atoms with Crippen molar-refractivity contribution in [2.24, 2.45) is 0 Å². The number of carbonyl (C=O) groups excluding carboxylic acids is 1. The molecular weight excluding hydrogens is 272 g/mol. The zero-order valence-corrected chi connectivity index (χ0v) is 12.5. The Bertz CT molecular complexity index is 683. The number of fused-ring (bicyclic) bond motifs is 1. The molecule has 0 saturated heterocycles. The topological polar surface area (TPSA) is 76.0 Å². The van der Waals surface area contributed by atoms with Gasteiger partial charge in [-0.15, -0.1) is 0 Å². The summed E-state index contributed by atoms with van der Waals surface area (Å²) in [5.41, 5.74) is 2.08. The summed E-state index contributed by atoms with van der Waals surface area (Å²) in [6.07, 6.45) is -0.197. The molecule has 0 fully saturated rings. The molecule has 0 aliphatic rings. The van der Waals surface area contributed by atoms with E-state index in [1.54, 1.807) is 26.4 Å². The maximum Gasteiger partial charge on any atom is 0.259 e. The van der Waals surface area contributed by atoms with Crippen molar-refractivity contribution in [3.63, 3.8) is 0 Å². The lowest BCUT2D eigenvalue weighted by molar-refractivity contribution is -0.362. The van der Waals surface area contributed by atoms with Gasteiger partial charge < -0.3 is 24.3 Å². The third kappa shape index (κ3) is 2.84. The fraction of sp³-hybridized carbons (Fsp3) is 0.333. The molecular formula is C15H18N2O4. The largest absolute Gasteiger partial charge is 0.550 e. The van der Waals surface area contributed by atoms with Crippen LogP contribution in [-0.4, -0.2) is 34.3 Å². The summed E-state index contributed by atoms with van der Waals surface area (Å²) >= 11 is 0. The summed E-state index contributed by atoms with van der Waals surface area (Å²) in [4.78, 5) is 15.9. The van der Waals surface area contributed by atoms with Gasteiger partial charge in [0.15, 0.2) is 11.4 Å². The molecule has 0 spiro atoms. The van der Waals surface area contributed by atoms with E-state index in [1.165, 1.54) is 0 Å². The third-order valence-electron chi connectivity index (χ3n) is 3.24. The number of ether oxygens (including phenoxy) is 2. The highest BCUT2D eigenvalue weighted by atomic mass is 16.5. The van der Waals surface area contributed by atoms with Gasteiger partial charge in [-0.3, -0.25) is 0 Å². The minimum Gasteiger partial charge on any atom is -0.550 e. The zero-order valence-electron chi connectivity index (χ0n) is 12.5. The molecule has 0 unspecified atom stereocenters. The number of carbonyl (C=O) groups is 1. The number of benzene rings is 1. The smallest absolute Gasteiger partial charge is 0.259 e. The third-order valence-corrected chi connectivity index (χ3v) is 3.24. The van der Waals surface area contributed by atoms with Gasteiger partial charge in [-0.1, -0.05) is 0 Å². The van der Waals surface area contributed by atoms with E-state index in [-0.39, 0.29) is 6.42 Å². The second-order valence-corrected chi connectivity index (χ2v) is 4.84. The van der Waals surface area contributed by atoms with Gasteiger partial charge >= 0.3 is 0 Å². The molecule has 1 aromatic carbocycles. The summed E-state index contributed by atoms with van der Waals surface area (Å²) < 4.78 is 10.8. The maximum absolute atomic E-state index is 10.9. The number of aromatic amines is 1. The molecule has 2 aromatic rings. The number of carboxylic acids is 1. The molecule has 112 valence electrons. The lowest BCUT2D eigenvalue weighted by atomic mass is 10.1. The quantitative estimate of drug-likeness (QED) is 0.776. The number of methoxy groups -OCH3 is 2. The van der Waals surface area contributed by atoms with Crippen LogP contribution >= 0.6 is 0 Å². The van der Waals surface area contributed by atoms with Crippen LogP contribution in [-0.2, 0) is 11.2 Å². The zero-order chi connectivity index (χ0) is 15.6. The molecule has 0 radical (unpaired) electrons. The van der Waals surface area contributed by atoms with Crippen LogP contribution in [0.25, 0.3) is 10.9 Å². The van der Waals surface area contributed by atoms with E-state index in [4.69, 9.17) is 9.47 Å². The molecule has 6 heteroatoms. The van der Waals surface area contributed by atoms with Gasteiger partial charge in [0.25, 0.3) is 5.52 Å². The predicted molar refractivity (Wildman–Crippen MR) is 76.6 cm³/mol. The molecule has 1 N–H and O–H groups in total. The molecule has 1 heterocycles. The number of anilines is 1. The van der Waals surface area contributed by atoms with E-state index >= 15 is 0 Å². The summed E-state index contributed by atoms with van der Waals surface area (Å²) in [5.74, 6) is 0.164. The van der Waals surface area contributed by atoms with E-state index in [0.717, 1.165) is 11.1 Å². The Labute approximate surface area is 122 Å². The molecule has 0 amide bonds. The first-order valence-corrected chi connectivity index (χ1v) is 6.45. The first kappa shape index (κ1) is 14.9. The monoisotopic (exact) mass is 290 g/mol. The van der Waals surface area contributed by atoms with Crippen molar-refractivity contribution in [3.8, 4) is 11.5 Å². The number of carboxylic acid groups (broad SMARTS) is 1. The van der Waals surface area contributed by atoms with Crippen LogP contribution in [0.1, 0.15) is 5.69 Å². The van der Waals surface area contributed by atoms with E-state index in [2.05, 4.69) is 4.98 Å². The SMILES string of the molecule is COc1ccc(OC)c2c(N(C)C)cc(CC(=O)[O-])[nH+]c12.